The molecule has 132 valence electrons. The molecule has 0 saturated carbocycles. The third kappa shape index (κ3) is 4.53. The first-order chi connectivity index (χ1) is 11.2. The Labute approximate surface area is 148 Å². The number of thioether (sulfide) groups is 1. The van der Waals surface area contributed by atoms with Crippen LogP contribution in [0.15, 0.2) is 29.2 Å². The first-order valence-electron chi connectivity index (χ1n) is 8.48. The van der Waals surface area contributed by atoms with Crippen LogP contribution in [0.4, 0.5) is 0 Å². The lowest BCUT2D eigenvalue weighted by atomic mass is 9.75. The van der Waals surface area contributed by atoms with E-state index in [1.807, 2.05) is 23.1 Å². The average molecular weight is 349 g/mol. The summed E-state index contributed by atoms with van der Waals surface area (Å²) in [4.78, 5) is 26.6. The van der Waals surface area contributed by atoms with Crippen LogP contribution in [0, 0.1) is 11.3 Å². The fraction of sp³-hybridized carbons (Fsp3) is 0.579. The molecule has 4 nitrogen and oxygen atoms in total. The van der Waals surface area contributed by atoms with Gasteiger partial charge in [-0.3, -0.25) is 9.59 Å². The van der Waals surface area contributed by atoms with Gasteiger partial charge in [-0.15, -0.1) is 11.8 Å². The molecule has 1 fully saturated rings. The van der Waals surface area contributed by atoms with Crippen molar-refractivity contribution in [1.29, 1.82) is 0 Å². The fourth-order valence-corrected chi connectivity index (χ4v) is 4.03. The molecule has 0 radical (unpaired) electrons. The van der Waals surface area contributed by atoms with Gasteiger partial charge in [0, 0.05) is 18.0 Å². The van der Waals surface area contributed by atoms with E-state index in [-0.39, 0.29) is 11.3 Å². The van der Waals surface area contributed by atoms with Gasteiger partial charge in [0.1, 0.15) is 5.25 Å². The molecule has 1 N–H and O–H groups in total. The molecule has 1 saturated heterocycles. The number of piperidine rings is 1. The Kier molecular flexibility index (Phi) is 5.97. The summed E-state index contributed by atoms with van der Waals surface area (Å²) >= 11 is 1.23. The van der Waals surface area contributed by atoms with Gasteiger partial charge in [0.25, 0.3) is 5.91 Å². The van der Waals surface area contributed by atoms with Crippen LogP contribution in [0.3, 0.4) is 0 Å². The zero-order valence-corrected chi connectivity index (χ0v) is 15.7. The molecule has 1 amide bonds. The lowest BCUT2D eigenvalue weighted by molar-refractivity contribution is -0.136. The number of likely N-dealkylation sites (tertiary alicyclic amines) is 1. The molecular weight excluding hydrogens is 322 g/mol. The molecule has 1 aliphatic rings. The maximum absolute atomic E-state index is 12.9. The van der Waals surface area contributed by atoms with E-state index >= 15 is 0 Å². The second-order valence-corrected chi connectivity index (χ2v) is 8.91. The van der Waals surface area contributed by atoms with E-state index in [2.05, 4.69) is 20.8 Å². The van der Waals surface area contributed by atoms with E-state index in [4.69, 9.17) is 5.11 Å². The molecule has 5 heteroatoms. The molecule has 1 unspecified atom stereocenters. The second-order valence-electron chi connectivity index (χ2n) is 7.53. The molecule has 1 heterocycles. The highest BCUT2D eigenvalue weighted by molar-refractivity contribution is 8.00. The molecule has 0 aliphatic carbocycles. The van der Waals surface area contributed by atoms with E-state index in [0.717, 1.165) is 30.8 Å². The molecule has 2 rings (SSSR count). The first kappa shape index (κ1) is 18.8. The average Bonchev–Trinajstić information content (AvgIpc) is 2.54. The van der Waals surface area contributed by atoms with Gasteiger partial charge in [0.2, 0.25) is 0 Å². The molecule has 0 bridgehead atoms. The van der Waals surface area contributed by atoms with Crippen LogP contribution in [0.1, 0.15) is 50.9 Å². The van der Waals surface area contributed by atoms with Gasteiger partial charge in [-0.1, -0.05) is 32.9 Å². The number of carboxylic acid groups (broad SMARTS) is 1. The number of rotatable bonds is 4. The van der Waals surface area contributed by atoms with Crippen LogP contribution in [-0.2, 0) is 4.79 Å². The zero-order chi connectivity index (χ0) is 17.9. The summed E-state index contributed by atoms with van der Waals surface area (Å²) in [6, 6.07) is 7.32. The van der Waals surface area contributed by atoms with Crippen molar-refractivity contribution >= 4 is 23.6 Å². The minimum atomic E-state index is -0.867. The highest BCUT2D eigenvalue weighted by Crippen LogP contribution is 2.35. The number of carboxylic acids is 1. The van der Waals surface area contributed by atoms with E-state index in [1.54, 1.807) is 13.0 Å². The Balaban J connectivity index is 2.10. The van der Waals surface area contributed by atoms with Crippen molar-refractivity contribution in [3.63, 3.8) is 0 Å². The van der Waals surface area contributed by atoms with Crippen molar-refractivity contribution < 1.29 is 14.7 Å². The highest BCUT2D eigenvalue weighted by atomic mass is 32.2. The summed E-state index contributed by atoms with van der Waals surface area (Å²) in [7, 11) is 0. The van der Waals surface area contributed by atoms with Crippen LogP contribution in [0.2, 0.25) is 0 Å². The van der Waals surface area contributed by atoms with Crippen LogP contribution < -0.4 is 0 Å². The maximum atomic E-state index is 12.9. The van der Waals surface area contributed by atoms with Gasteiger partial charge in [-0.2, -0.15) is 0 Å². The quantitative estimate of drug-likeness (QED) is 0.830. The lowest BCUT2D eigenvalue weighted by Crippen LogP contribution is -2.41. The van der Waals surface area contributed by atoms with Crippen LogP contribution >= 0.6 is 11.8 Å². The molecule has 0 spiro atoms. The highest BCUT2D eigenvalue weighted by Gasteiger charge is 2.31. The zero-order valence-electron chi connectivity index (χ0n) is 14.9. The van der Waals surface area contributed by atoms with Crippen LogP contribution in [0.5, 0.6) is 0 Å². The Hall–Kier alpha value is -1.49. The van der Waals surface area contributed by atoms with Crippen molar-refractivity contribution in [2.24, 2.45) is 11.3 Å². The van der Waals surface area contributed by atoms with E-state index < -0.39 is 11.2 Å². The van der Waals surface area contributed by atoms with Gasteiger partial charge in [-0.25, -0.2) is 0 Å². The summed E-state index contributed by atoms with van der Waals surface area (Å²) < 4.78 is 0. The van der Waals surface area contributed by atoms with Crippen molar-refractivity contribution in [1.82, 2.24) is 4.90 Å². The Bertz CT molecular complexity index is 601. The normalized spacial score (nSPS) is 17.6. The number of carbonyl (C=O) groups is 2. The van der Waals surface area contributed by atoms with Crippen molar-refractivity contribution in [2.45, 2.75) is 50.7 Å². The first-order valence-corrected chi connectivity index (χ1v) is 9.36. The Morgan fingerprint density at radius 3 is 2.33 bits per heavy atom. The standard InChI is InChI=1S/C19H27NO3S/c1-13(18(22)23)24-16-8-6-5-7-15(16)17(21)20-11-9-14(10-12-20)19(2,3)4/h5-8,13-14H,9-12H2,1-4H3,(H,22,23). The van der Waals surface area contributed by atoms with Crippen molar-refractivity contribution in [2.75, 3.05) is 13.1 Å². The molecular formula is C19H27NO3S. The fourth-order valence-electron chi connectivity index (χ4n) is 3.11. The van der Waals surface area contributed by atoms with Gasteiger partial charge in [0.15, 0.2) is 0 Å². The summed E-state index contributed by atoms with van der Waals surface area (Å²) in [5.41, 5.74) is 0.893. The lowest BCUT2D eigenvalue weighted by Gasteiger charge is -2.39. The van der Waals surface area contributed by atoms with Gasteiger partial charge < -0.3 is 10.0 Å². The third-order valence-corrected chi connectivity index (χ3v) is 5.94. The summed E-state index contributed by atoms with van der Waals surface area (Å²) in [6.07, 6.45) is 2.05. The smallest absolute Gasteiger partial charge is 0.316 e. The molecule has 1 aromatic carbocycles. The van der Waals surface area contributed by atoms with Gasteiger partial charge in [0.05, 0.1) is 5.56 Å². The number of aliphatic carboxylic acids is 1. The summed E-state index contributed by atoms with van der Waals surface area (Å²) in [5.74, 6) is -0.213. The topological polar surface area (TPSA) is 57.6 Å². The predicted molar refractivity (Wildman–Crippen MR) is 97.5 cm³/mol. The number of amides is 1. The van der Waals surface area contributed by atoms with E-state index in [9.17, 15) is 9.59 Å². The maximum Gasteiger partial charge on any atom is 0.316 e. The number of hydrogen-bond donors (Lipinski definition) is 1. The summed E-state index contributed by atoms with van der Waals surface area (Å²) in [5, 5.41) is 8.53. The summed E-state index contributed by atoms with van der Waals surface area (Å²) in [6.45, 7) is 9.96. The van der Waals surface area contributed by atoms with Crippen molar-refractivity contribution in [3.8, 4) is 0 Å². The predicted octanol–water partition coefficient (Wildman–Crippen LogP) is 4.15. The van der Waals surface area contributed by atoms with Crippen LogP contribution in [-0.4, -0.2) is 40.2 Å². The molecule has 24 heavy (non-hydrogen) atoms. The second kappa shape index (κ2) is 7.60. The number of hydrogen-bond acceptors (Lipinski definition) is 3. The minimum Gasteiger partial charge on any atom is -0.480 e. The van der Waals surface area contributed by atoms with Crippen molar-refractivity contribution in [3.05, 3.63) is 29.8 Å². The molecule has 1 aromatic rings. The Morgan fingerprint density at radius 2 is 1.79 bits per heavy atom. The molecule has 1 atom stereocenters. The number of benzene rings is 1. The molecule has 1 aliphatic heterocycles. The number of nitrogens with zero attached hydrogens (tertiary/aromatic N) is 1. The van der Waals surface area contributed by atoms with E-state index in [1.165, 1.54) is 11.8 Å². The van der Waals surface area contributed by atoms with Gasteiger partial charge in [-0.05, 0) is 43.2 Å². The molecule has 0 aromatic heterocycles. The van der Waals surface area contributed by atoms with Crippen LogP contribution in [0.25, 0.3) is 0 Å². The SMILES string of the molecule is CC(Sc1ccccc1C(=O)N1CCC(C(C)(C)C)CC1)C(=O)O. The largest absolute Gasteiger partial charge is 0.480 e. The van der Waals surface area contributed by atoms with E-state index in [0.29, 0.717) is 11.5 Å². The monoisotopic (exact) mass is 349 g/mol. The number of carbonyl (C=O) groups excluding carboxylic acids is 1. The van der Waals surface area contributed by atoms with Gasteiger partial charge >= 0.3 is 5.97 Å². The Morgan fingerprint density at radius 1 is 1.21 bits per heavy atom. The minimum absolute atomic E-state index is 0.0167. The third-order valence-electron chi connectivity index (χ3n) is 4.78.